The number of carbonyl (C=O) groups excluding carboxylic acids is 1. The molecule has 6 nitrogen and oxygen atoms in total. The molecule has 0 radical (unpaired) electrons. The van der Waals surface area contributed by atoms with Crippen molar-refractivity contribution in [3.05, 3.63) is 35.8 Å². The second-order valence-electron chi connectivity index (χ2n) is 6.79. The lowest BCUT2D eigenvalue weighted by atomic mass is 10.0. The van der Waals surface area contributed by atoms with Crippen LogP contribution in [0, 0.1) is 0 Å². The van der Waals surface area contributed by atoms with E-state index >= 15 is 0 Å². The van der Waals surface area contributed by atoms with E-state index in [4.69, 9.17) is 9.97 Å². The molecule has 1 amide bonds. The molecule has 138 valence electrons. The number of hydrogen-bond acceptors (Lipinski definition) is 5. The van der Waals surface area contributed by atoms with Crippen LogP contribution < -0.4 is 5.32 Å². The molecule has 26 heavy (non-hydrogen) atoms. The summed E-state index contributed by atoms with van der Waals surface area (Å²) in [5.74, 6) is 1.70. The third-order valence-corrected chi connectivity index (χ3v) is 4.92. The topological polar surface area (TPSA) is 71.0 Å². The van der Waals surface area contributed by atoms with Crippen LogP contribution in [0.3, 0.4) is 0 Å². The Labute approximate surface area is 155 Å². The van der Waals surface area contributed by atoms with Crippen molar-refractivity contribution < 1.29 is 4.79 Å². The molecule has 2 aromatic rings. The lowest BCUT2D eigenvalue weighted by molar-refractivity contribution is -0.129. The smallest absolute Gasteiger partial charge is 0.219 e. The van der Waals surface area contributed by atoms with Crippen molar-refractivity contribution in [2.75, 3.05) is 11.9 Å². The van der Waals surface area contributed by atoms with Gasteiger partial charge in [0.2, 0.25) is 5.91 Å². The minimum atomic E-state index is 0.0895. The van der Waals surface area contributed by atoms with Gasteiger partial charge in [-0.25, -0.2) is 9.97 Å². The van der Waals surface area contributed by atoms with E-state index in [0.717, 1.165) is 54.9 Å². The van der Waals surface area contributed by atoms with Crippen LogP contribution in [0.4, 0.5) is 5.82 Å². The highest BCUT2D eigenvalue weighted by Crippen LogP contribution is 2.28. The summed E-state index contributed by atoms with van der Waals surface area (Å²) in [5, 5.41) is 3.64. The second kappa shape index (κ2) is 8.25. The van der Waals surface area contributed by atoms with Gasteiger partial charge in [0.15, 0.2) is 5.82 Å². The monoisotopic (exact) mass is 353 g/mol. The number of hydrogen-bond donors (Lipinski definition) is 1. The molecule has 1 atom stereocenters. The van der Waals surface area contributed by atoms with E-state index in [1.165, 1.54) is 0 Å². The Balaban J connectivity index is 2.01. The van der Waals surface area contributed by atoms with E-state index in [1.54, 1.807) is 19.3 Å². The number of rotatable bonds is 6. The van der Waals surface area contributed by atoms with E-state index in [1.807, 2.05) is 17.0 Å². The number of carbonyl (C=O) groups is 1. The number of nitrogens with zero attached hydrogens (tertiary/aromatic N) is 4. The van der Waals surface area contributed by atoms with Crippen molar-refractivity contribution in [3.8, 4) is 11.4 Å². The number of anilines is 1. The van der Waals surface area contributed by atoms with E-state index in [0.29, 0.717) is 18.4 Å². The predicted octanol–water partition coefficient (Wildman–Crippen LogP) is 3.43. The fourth-order valence-electron chi connectivity index (χ4n) is 3.37. The summed E-state index contributed by atoms with van der Waals surface area (Å²) in [6.07, 6.45) is 7.58. The molecule has 0 saturated carbocycles. The maximum Gasteiger partial charge on any atom is 0.219 e. The highest BCUT2D eigenvalue weighted by molar-refractivity contribution is 5.74. The number of fused-ring (bicyclic) bond motifs is 1. The summed E-state index contributed by atoms with van der Waals surface area (Å²) in [7, 11) is 0. The summed E-state index contributed by atoms with van der Waals surface area (Å²) in [6.45, 7) is 7.28. The molecule has 0 unspecified atom stereocenters. The Morgan fingerprint density at radius 2 is 2.04 bits per heavy atom. The fraction of sp³-hybridized carbons (Fsp3) is 0.500. The zero-order valence-electron chi connectivity index (χ0n) is 15.8. The average Bonchev–Trinajstić information content (AvgIpc) is 2.67. The van der Waals surface area contributed by atoms with Crippen molar-refractivity contribution >= 4 is 11.7 Å². The molecule has 1 aliphatic heterocycles. The standard InChI is InChI=1S/C20H27N5O/c1-4-6-16(5-2)22-20-17-9-12-25(14(3)26)13-18(17)23-19(24-20)15-7-10-21-11-8-15/h7-8,10-11,16H,4-6,9,12-13H2,1-3H3,(H,22,23,24)/t16-/m0/s1. The molecule has 1 N–H and O–H groups in total. The third kappa shape index (κ3) is 4.00. The zero-order valence-corrected chi connectivity index (χ0v) is 15.8. The van der Waals surface area contributed by atoms with Gasteiger partial charge in [-0.1, -0.05) is 20.3 Å². The van der Waals surface area contributed by atoms with Crippen molar-refractivity contribution in [1.29, 1.82) is 0 Å². The minimum Gasteiger partial charge on any atom is -0.367 e. The maximum atomic E-state index is 11.8. The van der Waals surface area contributed by atoms with Gasteiger partial charge in [0.1, 0.15) is 5.82 Å². The molecule has 2 aromatic heterocycles. The quantitative estimate of drug-likeness (QED) is 0.861. The zero-order chi connectivity index (χ0) is 18.5. The fourth-order valence-corrected chi connectivity index (χ4v) is 3.37. The van der Waals surface area contributed by atoms with Crippen LogP contribution in [0.1, 0.15) is 51.3 Å². The van der Waals surface area contributed by atoms with Crippen LogP contribution in [0.25, 0.3) is 11.4 Å². The third-order valence-electron chi connectivity index (χ3n) is 4.92. The van der Waals surface area contributed by atoms with E-state index in [2.05, 4.69) is 24.1 Å². The van der Waals surface area contributed by atoms with Gasteiger partial charge in [0, 0.05) is 43.0 Å². The predicted molar refractivity (Wildman–Crippen MR) is 103 cm³/mol. The molecule has 3 heterocycles. The molecule has 0 aliphatic carbocycles. The highest BCUT2D eigenvalue weighted by atomic mass is 16.2. The Kier molecular flexibility index (Phi) is 5.81. The summed E-state index contributed by atoms with van der Waals surface area (Å²) in [4.78, 5) is 27.4. The van der Waals surface area contributed by atoms with Crippen molar-refractivity contribution in [3.63, 3.8) is 0 Å². The SMILES string of the molecule is CCC[C@H](CC)Nc1nc(-c2ccncc2)nc2c1CCN(C(C)=O)C2. The van der Waals surface area contributed by atoms with Crippen LogP contribution in [0.2, 0.25) is 0 Å². The van der Waals surface area contributed by atoms with Crippen LogP contribution in [-0.4, -0.2) is 38.3 Å². The Morgan fingerprint density at radius 1 is 1.27 bits per heavy atom. The number of amides is 1. The molecule has 3 rings (SSSR count). The van der Waals surface area contributed by atoms with Gasteiger partial charge >= 0.3 is 0 Å². The first-order valence-electron chi connectivity index (χ1n) is 9.44. The van der Waals surface area contributed by atoms with Crippen molar-refractivity contribution in [2.24, 2.45) is 0 Å². The Bertz CT molecular complexity index is 762. The van der Waals surface area contributed by atoms with Crippen LogP contribution in [0.15, 0.2) is 24.5 Å². The van der Waals surface area contributed by atoms with Crippen molar-refractivity contribution in [1.82, 2.24) is 19.9 Å². The van der Waals surface area contributed by atoms with E-state index < -0.39 is 0 Å². The lowest BCUT2D eigenvalue weighted by Crippen LogP contribution is -2.36. The minimum absolute atomic E-state index is 0.0895. The van der Waals surface area contributed by atoms with Crippen LogP contribution in [0.5, 0.6) is 0 Å². The van der Waals surface area contributed by atoms with E-state index in [-0.39, 0.29) is 5.91 Å². The van der Waals surface area contributed by atoms with Crippen LogP contribution >= 0.6 is 0 Å². The van der Waals surface area contributed by atoms with Gasteiger partial charge in [0.25, 0.3) is 0 Å². The van der Waals surface area contributed by atoms with Gasteiger partial charge in [-0.15, -0.1) is 0 Å². The lowest BCUT2D eigenvalue weighted by Gasteiger charge is -2.29. The normalized spacial score (nSPS) is 14.7. The molecule has 1 aliphatic rings. The van der Waals surface area contributed by atoms with Gasteiger partial charge in [-0.3, -0.25) is 9.78 Å². The summed E-state index contributed by atoms with van der Waals surface area (Å²) in [5.41, 5.74) is 3.03. The Morgan fingerprint density at radius 3 is 2.69 bits per heavy atom. The summed E-state index contributed by atoms with van der Waals surface area (Å²) >= 11 is 0. The molecule has 0 fully saturated rings. The maximum absolute atomic E-state index is 11.8. The number of pyridine rings is 1. The number of aromatic nitrogens is 3. The molecule has 0 saturated heterocycles. The molecule has 0 aromatic carbocycles. The Hall–Kier alpha value is -2.50. The van der Waals surface area contributed by atoms with E-state index in [9.17, 15) is 4.79 Å². The summed E-state index contributed by atoms with van der Waals surface area (Å²) in [6, 6.07) is 4.23. The number of nitrogens with one attached hydrogen (secondary N) is 1. The first kappa shape index (κ1) is 18.3. The molecular weight excluding hydrogens is 326 g/mol. The van der Waals surface area contributed by atoms with Crippen molar-refractivity contribution in [2.45, 2.75) is 59.0 Å². The molecule has 0 spiro atoms. The highest BCUT2D eigenvalue weighted by Gasteiger charge is 2.24. The first-order chi connectivity index (χ1) is 12.6. The van der Waals surface area contributed by atoms with Gasteiger partial charge in [0.05, 0.1) is 12.2 Å². The molecule has 0 bridgehead atoms. The first-order valence-corrected chi connectivity index (χ1v) is 9.44. The molecular formula is C20H27N5O. The van der Waals surface area contributed by atoms with Gasteiger partial charge in [-0.2, -0.15) is 0 Å². The van der Waals surface area contributed by atoms with Gasteiger partial charge < -0.3 is 10.2 Å². The largest absolute Gasteiger partial charge is 0.367 e. The molecule has 6 heteroatoms. The van der Waals surface area contributed by atoms with Gasteiger partial charge in [-0.05, 0) is 31.4 Å². The van der Waals surface area contributed by atoms with Crippen LogP contribution in [-0.2, 0) is 17.8 Å². The average molecular weight is 353 g/mol. The summed E-state index contributed by atoms with van der Waals surface area (Å²) < 4.78 is 0. The second-order valence-corrected chi connectivity index (χ2v) is 6.79.